The first-order chi connectivity index (χ1) is 9.74. The van der Waals surface area contributed by atoms with E-state index in [1.165, 1.54) is 0 Å². The van der Waals surface area contributed by atoms with Crippen LogP contribution in [-0.2, 0) is 6.54 Å². The van der Waals surface area contributed by atoms with E-state index < -0.39 is 0 Å². The molecule has 0 aliphatic heterocycles. The van der Waals surface area contributed by atoms with Crippen molar-refractivity contribution in [2.45, 2.75) is 13.5 Å². The summed E-state index contributed by atoms with van der Waals surface area (Å²) in [6.45, 7) is 3.71. The lowest BCUT2D eigenvalue weighted by molar-refractivity contribution is 0.415. The molecule has 5 heteroatoms. The van der Waals surface area contributed by atoms with E-state index in [1.54, 1.807) is 19.5 Å². The molecule has 0 atom stereocenters. The smallest absolute Gasteiger partial charge is 0.151 e. The summed E-state index contributed by atoms with van der Waals surface area (Å²) in [5.74, 6) is 1.64. The zero-order valence-corrected chi connectivity index (χ0v) is 12.1. The zero-order chi connectivity index (χ0) is 14.4. The van der Waals surface area contributed by atoms with Gasteiger partial charge in [-0.25, -0.2) is 4.98 Å². The molecule has 2 rings (SSSR count). The van der Waals surface area contributed by atoms with Crippen LogP contribution in [0.4, 0.5) is 11.5 Å². The predicted octanol–water partition coefficient (Wildman–Crippen LogP) is 2.36. The van der Waals surface area contributed by atoms with Gasteiger partial charge in [0.1, 0.15) is 5.75 Å². The van der Waals surface area contributed by atoms with E-state index >= 15 is 0 Å². The van der Waals surface area contributed by atoms with Gasteiger partial charge in [0.25, 0.3) is 0 Å². The Kier molecular flexibility index (Phi) is 4.90. The highest BCUT2D eigenvalue weighted by Crippen LogP contribution is 2.24. The van der Waals surface area contributed by atoms with Gasteiger partial charge in [0, 0.05) is 31.5 Å². The van der Waals surface area contributed by atoms with Crippen LogP contribution in [0.2, 0.25) is 0 Å². The van der Waals surface area contributed by atoms with Crippen molar-refractivity contribution in [3.8, 4) is 5.75 Å². The number of nitrogens with zero attached hydrogens (tertiary/aromatic N) is 3. The quantitative estimate of drug-likeness (QED) is 0.875. The van der Waals surface area contributed by atoms with E-state index in [1.807, 2.05) is 36.2 Å². The van der Waals surface area contributed by atoms with Crippen molar-refractivity contribution >= 4 is 11.5 Å². The lowest BCUT2D eigenvalue weighted by Gasteiger charge is -2.19. The predicted molar refractivity (Wildman–Crippen MR) is 80.5 cm³/mol. The van der Waals surface area contributed by atoms with Crippen LogP contribution in [0.15, 0.2) is 36.7 Å². The van der Waals surface area contributed by atoms with Gasteiger partial charge in [0.05, 0.1) is 19.0 Å². The Morgan fingerprint density at radius 1 is 1.30 bits per heavy atom. The molecule has 1 heterocycles. The van der Waals surface area contributed by atoms with Gasteiger partial charge in [0.2, 0.25) is 0 Å². The van der Waals surface area contributed by atoms with E-state index in [2.05, 4.69) is 22.2 Å². The molecule has 0 aliphatic carbocycles. The maximum absolute atomic E-state index is 5.25. The molecular formula is C15H20N4O. The average molecular weight is 272 g/mol. The first-order valence-electron chi connectivity index (χ1n) is 6.64. The minimum absolute atomic E-state index is 0.725. The highest BCUT2D eigenvalue weighted by molar-refractivity contribution is 5.60. The van der Waals surface area contributed by atoms with Crippen molar-refractivity contribution in [3.63, 3.8) is 0 Å². The Morgan fingerprint density at radius 3 is 2.90 bits per heavy atom. The number of nitrogens with one attached hydrogen (secondary N) is 1. The van der Waals surface area contributed by atoms with Gasteiger partial charge >= 0.3 is 0 Å². The fourth-order valence-electron chi connectivity index (χ4n) is 1.85. The lowest BCUT2D eigenvalue weighted by atomic mass is 10.3. The van der Waals surface area contributed by atoms with Crippen LogP contribution in [0.25, 0.3) is 0 Å². The van der Waals surface area contributed by atoms with Crippen molar-refractivity contribution in [2.75, 3.05) is 25.6 Å². The number of hydrogen-bond acceptors (Lipinski definition) is 5. The van der Waals surface area contributed by atoms with Crippen LogP contribution in [0, 0.1) is 0 Å². The van der Waals surface area contributed by atoms with Gasteiger partial charge in [-0.1, -0.05) is 13.0 Å². The molecule has 5 nitrogen and oxygen atoms in total. The summed E-state index contributed by atoms with van der Waals surface area (Å²) in [5, 5.41) is 3.25. The summed E-state index contributed by atoms with van der Waals surface area (Å²) in [5.41, 5.74) is 1.94. The molecule has 0 spiro atoms. The van der Waals surface area contributed by atoms with E-state index in [4.69, 9.17) is 4.74 Å². The number of rotatable bonds is 6. The Morgan fingerprint density at radius 2 is 2.15 bits per heavy atom. The summed E-state index contributed by atoms with van der Waals surface area (Å²) in [6, 6.07) is 7.87. The summed E-state index contributed by atoms with van der Waals surface area (Å²) in [6.07, 6.45) is 3.54. The largest absolute Gasteiger partial charge is 0.497 e. The molecule has 106 valence electrons. The third-order valence-electron chi connectivity index (χ3n) is 3.01. The summed E-state index contributed by atoms with van der Waals surface area (Å²) in [7, 11) is 3.63. The second-order valence-corrected chi connectivity index (χ2v) is 4.41. The fraction of sp³-hybridized carbons (Fsp3) is 0.333. The van der Waals surface area contributed by atoms with Crippen LogP contribution in [0.1, 0.15) is 12.6 Å². The fourth-order valence-corrected chi connectivity index (χ4v) is 1.85. The van der Waals surface area contributed by atoms with E-state index in [0.29, 0.717) is 0 Å². The molecule has 0 radical (unpaired) electrons. The van der Waals surface area contributed by atoms with Gasteiger partial charge in [-0.3, -0.25) is 4.98 Å². The van der Waals surface area contributed by atoms with Gasteiger partial charge in [-0.05, 0) is 18.7 Å². The number of aromatic nitrogens is 2. The van der Waals surface area contributed by atoms with Gasteiger partial charge in [-0.15, -0.1) is 0 Å². The summed E-state index contributed by atoms with van der Waals surface area (Å²) >= 11 is 0. The topological polar surface area (TPSA) is 50.3 Å². The maximum Gasteiger partial charge on any atom is 0.151 e. The van der Waals surface area contributed by atoms with Crippen molar-refractivity contribution in [2.24, 2.45) is 0 Å². The summed E-state index contributed by atoms with van der Waals surface area (Å²) in [4.78, 5) is 10.8. The second kappa shape index (κ2) is 6.86. The molecule has 1 N–H and O–H groups in total. The molecule has 0 fully saturated rings. The van der Waals surface area contributed by atoms with Crippen molar-refractivity contribution in [3.05, 3.63) is 42.4 Å². The van der Waals surface area contributed by atoms with Crippen LogP contribution in [-0.4, -0.2) is 30.7 Å². The number of benzene rings is 1. The van der Waals surface area contributed by atoms with Crippen LogP contribution in [0.5, 0.6) is 5.75 Å². The highest BCUT2D eigenvalue weighted by Gasteiger charge is 2.07. The van der Waals surface area contributed by atoms with Crippen molar-refractivity contribution < 1.29 is 4.74 Å². The number of anilines is 2. The minimum Gasteiger partial charge on any atom is -0.497 e. The molecular weight excluding hydrogens is 252 g/mol. The second-order valence-electron chi connectivity index (χ2n) is 4.41. The normalized spacial score (nSPS) is 10.3. The molecule has 20 heavy (non-hydrogen) atoms. The van der Waals surface area contributed by atoms with E-state index in [0.717, 1.165) is 36.0 Å². The monoisotopic (exact) mass is 272 g/mol. The first-order valence-corrected chi connectivity index (χ1v) is 6.64. The summed E-state index contributed by atoms with van der Waals surface area (Å²) < 4.78 is 5.25. The molecule has 2 aromatic rings. The number of hydrogen-bond donors (Lipinski definition) is 1. The minimum atomic E-state index is 0.725. The van der Waals surface area contributed by atoms with E-state index in [9.17, 15) is 0 Å². The van der Waals surface area contributed by atoms with Crippen LogP contribution in [0.3, 0.4) is 0 Å². The van der Waals surface area contributed by atoms with Gasteiger partial charge in [-0.2, -0.15) is 0 Å². The third-order valence-corrected chi connectivity index (χ3v) is 3.01. The molecule has 1 aromatic heterocycles. The molecule has 0 bridgehead atoms. The van der Waals surface area contributed by atoms with Crippen molar-refractivity contribution in [1.29, 1.82) is 0 Å². The molecule has 0 saturated carbocycles. The van der Waals surface area contributed by atoms with Gasteiger partial charge in [0.15, 0.2) is 5.82 Å². The molecule has 0 aliphatic rings. The van der Waals surface area contributed by atoms with Crippen LogP contribution >= 0.6 is 0 Å². The van der Waals surface area contributed by atoms with Crippen molar-refractivity contribution in [1.82, 2.24) is 15.3 Å². The zero-order valence-electron chi connectivity index (χ0n) is 12.1. The SMILES string of the molecule is CCNCc1cncc(N(C)c2cccc(OC)c2)n1. The number of ether oxygens (including phenoxy) is 1. The molecule has 0 unspecified atom stereocenters. The molecule has 1 aromatic carbocycles. The Hall–Kier alpha value is -2.14. The highest BCUT2D eigenvalue weighted by atomic mass is 16.5. The standard InChI is InChI=1S/C15H20N4O/c1-4-16-9-12-10-17-11-15(18-12)19(2)13-6-5-7-14(8-13)20-3/h5-8,10-11,16H,4,9H2,1-3H3. The Balaban J connectivity index is 2.21. The van der Waals surface area contributed by atoms with Crippen LogP contribution < -0.4 is 15.0 Å². The third kappa shape index (κ3) is 3.45. The number of methoxy groups -OCH3 is 1. The maximum atomic E-state index is 5.25. The molecule has 0 amide bonds. The molecule has 0 saturated heterocycles. The Labute approximate surface area is 119 Å². The first kappa shape index (κ1) is 14.3. The van der Waals surface area contributed by atoms with Gasteiger partial charge < -0.3 is 15.0 Å². The average Bonchev–Trinajstić information content (AvgIpc) is 2.52. The lowest BCUT2D eigenvalue weighted by Crippen LogP contribution is -2.16. The van der Waals surface area contributed by atoms with E-state index in [-0.39, 0.29) is 0 Å². The Bertz CT molecular complexity index is 559.